The molecule has 0 bridgehead atoms. The van der Waals surface area contributed by atoms with Gasteiger partial charge in [-0.1, -0.05) is 6.07 Å². The second-order valence-corrected chi connectivity index (χ2v) is 4.83. The van der Waals surface area contributed by atoms with Crippen molar-refractivity contribution < 1.29 is 13.5 Å². The Hall–Kier alpha value is -2.21. The summed E-state index contributed by atoms with van der Waals surface area (Å²) in [5, 5.41) is 0. The van der Waals surface area contributed by atoms with E-state index in [-0.39, 0.29) is 0 Å². The molecule has 21 heavy (non-hydrogen) atoms. The number of benzene rings is 2. The van der Waals surface area contributed by atoms with Crippen molar-refractivity contribution in [3.05, 3.63) is 52.8 Å². The molecule has 0 spiro atoms. The van der Waals surface area contributed by atoms with Crippen molar-refractivity contribution in [2.24, 2.45) is 0 Å². The number of imidazole rings is 1. The average molecular weight is 306 g/mol. The van der Waals surface area contributed by atoms with Gasteiger partial charge in [0.15, 0.2) is 16.4 Å². The van der Waals surface area contributed by atoms with Gasteiger partial charge in [-0.25, -0.2) is 8.78 Å². The van der Waals surface area contributed by atoms with E-state index < -0.39 is 11.6 Å². The van der Waals surface area contributed by atoms with Crippen LogP contribution in [0.25, 0.3) is 16.7 Å². The van der Waals surface area contributed by atoms with Gasteiger partial charge in [0.25, 0.3) is 0 Å². The minimum Gasteiger partial charge on any atom is -0.492 e. The first-order valence-corrected chi connectivity index (χ1v) is 6.84. The molecule has 0 aliphatic heterocycles. The van der Waals surface area contributed by atoms with E-state index >= 15 is 0 Å². The number of halogens is 2. The lowest BCUT2D eigenvalue weighted by atomic mass is 10.2. The number of aromatic nitrogens is 2. The van der Waals surface area contributed by atoms with Crippen LogP contribution in [-0.2, 0) is 0 Å². The first-order valence-electron chi connectivity index (χ1n) is 6.43. The van der Waals surface area contributed by atoms with Crippen molar-refractivity contribution in [2.75, 3.05) is 6.61 Å². The first-order chi connectivity index (χ1) is 10.1. The third-order valence-corrected chi connectivity index (χ3v) is 3.43. The molecule has 0 saturated heterocycles. The van der Waals surface area contributed by atoms with Gasteiger partial charge in [-0.15, -0.1) is 0 Å². The zero-order valence-corrected chi connectivity index (χ0v) is 12.0. The van der Waals surface area contributed by atoms with Gasteiger partial charge in [0.05, 0.1) is 17.8 Å². The Kier molecular flexibility index (Phi) is 3.47. The molecule has 0 atom stereocenters. The van der Waals surface area contributed by atoms with E-state index in [2.05, 4.69) is 4.98 Å². The minimum absolute atomic E-state index is 0.392. The van der Waals surface area contributed by atoms with Crippen LogP contribution in [0.5, 0.6) is 5.75 Å². The van der Waals surface area contributed by atoms with Crippen LogP contribution in [0.4, 0.5) is 8.78 Å². The highest BCUT2D eigenvalue weighted by Crippen LogP contribution is 2.27. The van der Waals surface area contributed by atoms with Gasteiger partial charge in [-0.2, -0.15) is 0 Å². The molecule has 0 aliphatic carbocycles. The predicted octanol–water partition coefficient (Wildman–Crippen LogP) is 4.36. The molecule has 2 aromatic carbocycles. The van der Waals surface area contributed by atoms with Crippen LogP contribution in [0.15, 0.2) is 36.4 Å². The maximum Gasteiger partial charge on any atom is 0.182 e. The van der Waals surface area contributed by atoms with Crippen molar-refractivity contribution in [1.82, 2.24) is 9.55 Å². The number of fused-ring (bicyclic) bond motifs is 1. The van der Waals surface area contributed by atoms with E-state index in [4.69, 9.17) is 17.0 Å². The number of aromatic amines is 1. The third kappa shape index (κ3) is 2.31. The number of hydrogen-bond acceptors (Lipinski definition) is 2. The first kappa shape index (κ1) is 13.8. The summed E-state index contributed by atoms with van der Waals surface area (Å²) in [6.07, 6.45) is 0. The molecule has 3 nitrogen and oxygen atoms in total. The molecule has 0 unspecified atom stereocenters. The molecule has 3 aromatic rings. The van der Waals surface area contributed by atoms with Gasteiger partial charge in [0.1, 0.15) is 11.3 Å². The number of nitrogens with one attached hydrogen (secondary N) is 1. The van der Waals surface area contributed by atoms with Gasteiger partial charge >= 0.3 is 0 Å². The van der Waals surface area contributed by atoms with E-state index in [1.807, 2.05) is 25.1 Å². The number of nitrogens with zero attached hydrogens (tertiary/aromatic N) is 1. The smallest absolute Gasteiger partial charge is 0.182 e. The summed E-state index contributed by atoms with van der Waals surface area (Å²) < 4.78 is 34.1. The molecule has 0 aliphatic rings. The SMILES string of the molecule is CCOc1cccc2c1[nH]c(=S)n2-c1ccc(F)c(F)c1. The number of ether oxygens (including phenoxy) is 1. The molecule has 1 N–H and O–H groups in total. The highest BCUT2D eigenvalue weighted by molar-refractivity contribution is 7.71. The largest absolute Gasteiger partial charge is 0.492 e. The number of hydrogen-bond donors (Lipinski definition) is 1. The molecule has 6 heteroatoms. The van der Waals surface area contributed by atoms with Crippen LogP contribution in [0.2, 0.25) is 0 Å². The van der Waals surface area contributed by atoms with Crippen molar-refractivity contribution in [3.63, 3.8) is 0 Å². The molecule has 0 radical (unpaired) electrons. The topological polar surface area (TPSA) is 29.9 Å². The van der Waals surface area contributed by atoms with Crippen molar-refractivity contribution >= 4 is 23.3 Å². The molecule has 3 rings (SSSR count). The summed E-state index contributed by atoms with van der Waals surface area (Å²) in [4.78, 5) is 3.05. The Morgan fingerprint density at radius 2 is 2.00 bits per heavy atom. The monoisotopic (exact) mass is 306 g/mol. The Bertz CT molecular complexity index is 870. The molecule has 1 aromatic heterocycles. The lowest BCUT2D eigenvalue weighted by molar-refractivity contribution is 0.343. The van der Waals surface area contributed by atoms with Crippen LogP contribution in [-0.4, -0.2) is 16.2 Å². The van der Waals surface area contributed by atoms with Crippen molar-refractivity contribution in [3.8, 4) is 11.4 Å². The fourth-order valence-electron chi connectivity index (χ4n) is 2.26. The Labute approximate surface area is 124 Å². The standard InChI is InChI=1S/C15H12F2N2OS/c1-2-20-13-5-3-4-12-14(13)18-15(21)19(12)9-6-7-10(16)11(17)8-9/h3-8H,2H2,1H3,(H,18,21). The van der Waals surface area contributed by atoms with Crippen LogP contribution in [0, 0.1) is 16.4 Å². The van der Waals surface area contributed by atoms with Crippen molar-refractivity contribution in [2.45, 2.75) is 6.92 Å². The number of H-pyrrole nitrogens is 1. The maximum absolute atomic E-state index is 13.4. The summed E-state index contributed by atoms with van der Waals surface area (Å²) in [5.41, 5.74) is 1.94. The van der Waals surface area contributed by atoms with Gasteiger partial charge in [-0.3, -0.25) is 4.57 Å². The second kappa shape index (κ2) is 5.29. The van der Waals surface area contributed by atoms with Gasteiger partial charge in [0, 0.05) is 6.07 Å². The van der Waals surface area contributed by atoms with Crippen molar-refractivity contribution in [1.29, 1.82) is 0 Å². The fraction of sp³-hybridized carbons (Fsp3) is 0.133. The molecule has 0 fully saturated rings. The molecule has 108 valence electrons. The van der Waals surface area contributed by atoms with Gasteiger partial charge in [0.2, 0.25) is 0 Å². The Morgan fingerprint density at radius 1 is 1.19 bits per heavy atom. The fourth-order valence-corrected chi connectivity index (χ4v) is 2.57. The molecule has 0 saturated carbocycles. The highest BCUT2D eigenvalue weighted by Gasteiger charge is 2.12. The Balaban J connectivity index is 2.27. The highest BCUT2D eigenvalue weighted by atomic mass is 32.1. The average Bonchev–Trinajstić information content (AvgIpc) is 2.80. The van der Waals surface area contributed by atoms with E-state index in [9.17, 15) is 8.78 Å². The quantitative estimate of drug-likeness (QED) is 0.728. The van der Waals surface area contributed by atoms with Crippen LogP contribution in [0.3, 0.4) is 0 Å². The minimum atomic E-state index is -0.912. The van der Waals surface area contributed by atoms with E-state index in [0.717, 1.165) is 23.2 Å². The van der Waals surface area contributed by atoms with E-state index in [1.54, 1.807) is 4.57 Å². The molecular formula is C15H12F2N2OS. The van der Waals surface area contributed by atoms with E-state index in [1.165, 1.54) is 6.07 Å². The summed E-state index contributed by atoms with van der Waals surface area (Å²) in [5.74, 6) is -1.13. The zero-order valence-electron chi connectivity index (χ0n) is 11.2. The summed E-state index contributed by atoms with van der Waals surface area (Å²) in [6.45, 7) is 2.41. The van der Waals surface area contributed by atoms with Crippen LogP contribution in [0.1, 0.15) is 6.92 Å². The lowest BCUT2D eigenvalue weighted by Crippen LogP contribution is -1.96. The summed E-state index contributed by atoms with van der Waals surface area (Å²) in [7, 11) is 0. The second-order valence-electron chi connectivity index (χ2n) is 4.45. The molecular weight excluding hydrogens is 294 g/mol. The molecule has 1 heterocycles. The predicted molar refractivity (Wildman–Crippen MR) is 79.5 cm³/mol. The maximum atomic E-state index is 13.4. The number of para-hydroxylation sites is 1. The van der Waals surface area contributed by atoms with Crippen LogP contribution < -0.4 is 4.74 Å². The number of rotatable bonds is 3. The van der Waals surface area contributed by atoms with Crippen LogP contribution >= 0.6 is 12.2 Å². The van der Waals surface area contributed by atoms with Gasteiger partial charge in [-0.05, 0) is 43.4 Å². The third-order valence-electron chi connectivity index (χ3n) is 3.14. The zero-order chi connectivity index (χ0) is 15.0. The van der Waals surface area contributed by atoms with Gasteiger partial charge < -0.3 is 9.72 Å². The molecule has 0 amide bonds. The summed E-state index contributed by atoms with van der Waals surface area (Å²) >= 11 is 5.29. The lowest BCUT2D eigenvalue weighted by Gasteiger charge is -2.07. The Morgan fingerprint density at radius 3 is 2.71 bits per heavy atom. The van der Waals surface area contributed by atoms with E-state index in [0.29, 0.717) is 22.8 Å². The normalized spacial score (nSPS) is 11.0. The summed E-state index contributed by atoms with van der Waals surface area (Å²) in [6, 6.07) is 9.17.